The Bertz CT molecular complexity index is 1280. The molecule has 0 saturated carbocycles. The van der Waals surface area contributed by atoms with Gasteiger partial charge in [0, 0.05) is 34.9 Å². The molecule has 9 nitrogen and oxygen atoms in total. The van der Waals surface area contributed by atoms with E-state index in [0.29, 0.717) is 23.5 Å². The molecule has 38 heavy (non-hydrogen) atoms. The maximum atomic E-state index is 12.2. The minimum Gasteiger partial charge on any atom is -0.391 e. The Morgan fingerprint density at radius 3 is 2.26 bits per heavy atom. The van der Waals surface area contributed by atoms with Gasteiger partial charge in [-0.05, 0) is 73.5 Å². The van der Waals surface area contributed by atoms with Gasteiger partial charge in [0.2, 0.25) is 5.91 Å². The minimum atomic E-state index is -1.05. The summed E-state index contributed by atoms with van der Waals surface area (Å²) in [5, 5.41) is 27.4. The molecule has 0 radical (unpaired) electrons. The monoisotopic (exact) mass is 513 g/mol. The van der Waals surface area contributed by atoms with Crippen molar-refractivity contribution in [2.24, 2.45) is 0 Å². The number of hydroxylamine groups is 1. The van der Waals surface area contributed by atoms with Crippen molar-refractivity contribution >= 4 is 23.2 Å². The van der Waals surface area contributed by atoms with Gasteiger partial charge in [0.25, 0.3) is 5.91 Å². The number of benzene rings is 2. The van der Waals surface area contributed by atoms with Crippen molar-refractivity contribution in [1.29, 1.82) is 0 Å². The van der Waals surface area contributed by atoms with Crippen LogP contribution in [0.25, 0.3) is 5.70 Å². The van der Waals surface area contributed by atoms with Gasteiger partial charge in [-0.2, -0.15) is 0 Å². The van der Waals surface area contributed by atoms with Crippen LogP contribution in [-0.4, -0.2) is 52.3 Å². The second kappa shape index (κ2) is 14.3. The predicted molar refractivity (Wildman–Crippen MR) is 146 cm³/mol. The van der Waals surface area contributed by atoms with Crippen LogP contribution in [0.3, 0.4) is 0 Å². The van der Waals surface area contributed by atoms with Gasteiger partial charge in [0.05, 0.1) is 12.6 Å². The number of hydrogen-bond donors (Lipinski definition) is 6. The van der Waals surface area contributed by atoms with E-state index in [0.717, 1.165) is 23.1 Å². The number of carbonyl (C=O) groups excluding carboxylic acids is 2. The molecule has 0 aliphatic heterocycles. The minimum absolute atomic E-state index is 0.122. The first-order chi connectivity index (χ1) is 18.4. The third-order valence-corrected chi connectivity index (χ3v) is 5.56. The van der Waals surface area contributed by atoms with Crippen molar-refractivity contribution in [1.82, 2.24) is 21.1 Å². The van der Waals surface area contributed by atoms with E-state index in [1.807, 2.05) is 42.6 Å². The van der Waals surface area contributed by atoms with E-state index >= 15 is 0 Å². The third kappa shape index (κ3) is 8.87. The van der Waals surface area contributed by atoms with Crippen molar-refractivity contribution in [3.05, 3.63) is 102 Å². The molecule has 1 heterocycles. The molecule has 2 amide bonds. The molecular weight excluding hydrogens is 482 g/mol. The molecule has 0 unspecified atom stereocenters. The highest BCUT2D eigenvalue weighted by Crippen LogP contribution is 2.13. The van der Waals surface area contributed by atoms with Crippen LogP contribution in [0, 0.1) is 11.8 Å². The Hall–Kier alpha value is -4.49. The van der Waals surface area contributed by atoms with Gasteiger partial charge in [-0.1, -0.05) is 36.6 Å². The zero-order valence-electron chi connectivity index (χ0n) is 21.1. The van der Waals surface area contributed by atoms with Gasteiger partial charge in [0.15, 0.2) is 0 Å². The molecule has 3 aromatic rings. The summed E-state index contributed by atoms with van der Waals surface area (Å²) >= 11 is 0. The highest BCUT2D eigenvalue weighted by atomic mass is 16.5. The molecule has 0 saturated heterocycles. The number of amides is 2. The fraction of sp³-hybridized carbons (Fsp3) is 0.207. The fourth-order valence-electron chi connectivity index (χ4n) is 3.47. The summed E-state index contributed by atoms with van der Waals surface area (Å²) in [5.41, 5.74) is 6.03. The standard InChI is InChI=1S/C29H31N5O4/c1-20(32-28(21(2)35)29(37)34-38)25-11-7-22(8-12-25)5-6-23-9-13-26(14-10-23)33-27(36)19-31-17-15-24-4-3-16-30-18-24/h3-4,7-14,16,18,21,28,31-32,35,38H,1,15,17,19H2,2H3,(H,33,36)(H,34,37)/t21-,28+/m1/s1. The highest BCUT2D eigenvalue weighted by Gasteiger charge is 2.23. The molecule has 1 aromatic heterocycles. The van der Waals surface area contributed by atoms with E-state index in [1.54, 1.807) is 30.5 Å². The van der Waals surface area contributed by atoms with Gasteiger partial charge >= 0.3 is 0 Å². The average molecular weight is 514 g/mol. The topological polar surface area (TPSA) is 136 Å². The first-order valence-electron chi connectivity index (χ1n) is 12.0. The van der Waals surface area contributed by atoms with Crippen molar-refractivity contribution < 1.29 is 19.9 Å². The third-order valence-electron chi connectivity index (χ3n) is 5.56. The normalized spacial score (nSPS) is 11.9. The maximum absolute atomic E-state index is 12.2. The quantitative estimate of drug-likeness (QED) is 0.1000. The van der Waals surface area contributed by atoms with Crippen molar-refractivity contribution in [3.8, 4) is 11.8 Å². The first-order valence-corrected chi connectivity index (χ1v) is 12.0. The molecule has 0 spiro atoms. The van der Waals surface area contributed by atoms with Crippen LogP contribution in [0.4, 0.5) is 5.69 Å². The van der Waals surface area contributed by atoms with Crippen molar-refractivity contribution in [2.75, 3.05) is 18.4 Å². The van der Waals surface area contributed by atoms with Crippen LogP contribution in [0.1, 0.15) is 29.2 Å². The number of hydrogen-bond acceptors (Lipinski definition) is 7. The van der Waals surface area contributed by atoms with E-state index in [-0.39, 0.29) is 12.5 Å². The molecule has 6 N–H and O–H groups in total. The molecule has 0 fully saturated rings. The van der Waals surface area contributed by atoms with Crippen molar-refractivity contribution in [2.45, 2.75) is 25.5 Å². The average Bonchev–Trinajstić information content (AvgIpc) is 2.94. The van der Waals surface area contributed by atoms with Crippen LogP contribution in [-0.2, 0) is 16.0 Å². The smallest absolute Gasteiger partial charge is 0.268 e. The number of aliphatic hydroxyl groups excluding tert-OH is 1. The van der Waals surface area contributed by atoms with Gasteiger partial charge in [-0.25, -0.2) is 5.48 Å². The first kappa shape index (κ1) is 28.1. The number of aliphatic hydroxyl groups is 1. The summed E-state index contributed by atoms with van der Waals surface area (Å²) in [7, 11) is 0. The zero-order chi connectivity index (χ0) is 27.3. The SMILES string of the molecule is C=C(N[C@H](C(=O)NO)[C@@H](C)O)c1ccc(C#Cc2ccc(NC(=O)CNCCc3cccnc3)cc2)cc1. The number of carbonyl (C=O) groups is 2. The van der Waals surface area contributed by atoms with Crippen LogP contribution < -0.4 is 21.4 Å². The Morgan fingerprint density at radius 1 is 1.03 bits per heavy atom. The zero-order valence-corrected chi connectivity index (χ0v) is 21.1. The lowest BCUT2D eigenvalue weighted by molar-refractivity contribution is -0.133. The number of nitrogens with one attached hydrogen (secondary N) is 4. The Kier molecular flexibility index (Phi) is 10.6. The maximum Gasteiger partial charge on any atom is 0.268 e. The lowest BCUT2D eigenvalue weighted by atomic mass is 10.1. The molecule has 9 heteroatoms. The predicted octanol–water partition coefficient (Wildman–Crippen LogP) is 2.07. The van der Waals surface area contributed by atoms with Gasteiger partial charge in [-0.3, -0.25) is 19.8 Å². The molecule has 0 aliphatic carbocycles. The largest absolute Gasteiger partial charge is 0.391 e. The lowest BCUT2D eigenvalue weighted by Crippen LogP contribution is -2.48. The number of anilines is 1. The number of rotatable bonds is 11. The number of nitrogens with zero attached hydrogens (tertiary/aromatic N) is 1. The second-order valence-electron chi connectivity index (χ2n) is 8.56. The van der Waals surface area contributed by atoms with Crippen LogP contribution >= 0.6 is 0 Å². The second-order valence-corrected chi connectivity index (χ2v) is 8.56. The van der Waals surface area contributed by atoms with Crippen LogP contribution in [0.15, 0.2) is 79.6 Å². The summed E-state index contributed by atoms with van der Waals surface area (Å²) in [4.78, 5) is 27.9. The summed E-state index contributed by atoms with van der Waals surface area (Å²) in [6.45, 7) is 6.23. The van der Waals surface area contributed by atoms with Gasteiger partial charge in [0.1, 0.15) is 6.04 Å². The van der Waals surface area contributed by atoms with Crippen LogP contribution in [0.5, 0.6) is 0 Å². The molecule has 3 rings (SSSR count). The summed E-state index contributed by atoms with van der Waals surface area (Å²) in [6.07, 6.45) is 3.31. The van der Waals surface area contributed by atoms with E-state index in [2.05, 4.69) is 39.4 Å². The molecular formula is C29H31N5O4. The molecule has 0 aliphatic rings. The lowest BCUT2D eigenvalue weighted by Gasteiger charge is -2.21. The number of pyridine rings is 1. The van der Waals surface area contributed by atoms with Crippen LogP contribution in [0.2, 0.25) is 0 Å². The summed E-state index contributed by atoms with van der Waals surface area (Å²) in [6, 6.07) is 17.3. The summed E-state index contributed by atoms with van der Waals surface area (Å²) in [5.74, 6) is 5.28. The highest BCUT2D eigenvalue weighted by molar-refractivity contribution is 5.92. The van der Waals surface area contributed by atoms with Gasteiger partial charge < -0.3 is 21.1 Å². The number of aromatic nitrogens is 1. The molecule has 196 valence electrons. The molecule has 0 bridgehead atoms. The Labute approximate surface area is 222 Å². The van der Waals surface area contributed by atoms with E-state index < -0.39 is 18.1 Å². The van der Waals surface area contributed by atoms with E-state index in [9.17, 15) is 14.7 Å². The van der Waals surface area contributed by atoms with Gasteiger partial charge in [-0.15, -0.1) is 0 Å². The summed E-state index contributed by atoms with van der Waals surface area (Å²) < 4.78 is 0. The van der Waals surface area contributed by atoms with E-state index in [4.69, 9.17) is 5.21 Å². The molecule has 2 atom stereocenters. The fourth-order valence-corrected chi connectivity index (χ4v) is 3.47. The van der Waals surface area contributed by atoms with Crippen molar-refractivity contribution in [3.63, 3.8) is 0 Å². The molecule has 2 aromatic carbocycles. The Balaban J connectivity index is 1.47. The Morgan fingerprint density at radius 2 is 1.68 bits per heavy atom. The van der Waals surface area contributed by atoms with E-state index in [1.165, 1.54) is 12.4 Å².